The Morgan fingerprint density at radius 3 is 2.36 bits per heavy atom. The van der Waals surface area contributed by atoms with E-state index in [0.717, 1.165) is 16.3 Å². The van der Waals surface area contributed by atoms with Gasteiger partial charge in [0.05, 0.1) is 5.92 Å². The van der Waals surface area contributed by atoms with E-state index in [4.69, 9.17) is 15.2 Å². The van der Waals surface area contributed by atoms with Gasteiger partial charge in [-0.15, -0.1) is 0 Å². The number of hydrogen-bond donors (Lipinski definition) is 1. The van der Waals surface area contributed by atoms with Crippen molar-refractivity contribution >= 4 is 16.7 Å². The topological polar surface area (TPSA) is 61.5 Å². The Labute approximate surface area is 131 Å². The standard InChI is InChI=1S/C18H23NO3/c1-12(11-16(21-2)22-3)17(18(19)20)15-10-6-8-13-7-4-5-9-14(13)15/h4-10,12,16-17H,11H2,1-3H3,(H2,19,20). The Kier molecular flexibility index (Phi) is 5.52. The predicted octanol–water partition coefficient (Wildman–Crippen LogP) is 3.05. The highest BCUT2D eigenvalue weighted by Crippen LogP contribution is 2.33. The van der Waals surface area contributed by atoms with Gasteiger partial charge in [-0.05, 0) is 22.3 Å². The number of amides is 1. The molecule has 2 rings (SSSR count). The van der Waals surface area contributed by atoms with Crippen molar-refractivity contribution in [2.45, 2.75) is 25.6 Å². The number of fused-ring (bicyclic) bond motifs is 1. The van der Waals surface area contributed by atoms with Crippen LogP contribution in [0.4, 0.5) is 0 Å². The van der Waals surface area contributed by atoms with Crippen molar-refractivity contribution in [3.63, 3.8) is 0 Å². The Bertz CT molecular complexity index is 632. The molecule has 2 atom stereocenters. The number of primary amides is 1. The molecule has 0 radical (unpaired) electrons. The van der Waals surface area contributed by atoms with Crippen LogP contribution in [-0.2, 0) is 14.3 Å². The number of methoxy groups -OCH3 is 2. The van der Waals surface area contributed by atoms with Crippen molar-refractivity contribution in [2.75, 3.05) is 14.2 Å². The highest BCUT2D eigenvalue weighted by Gasteiger charge is 2.28. The van der Waals surface area contributed by atoms with Gasteiger partial charge in [-0.1, -0.05) is 49.4 Å². The molecule has 0 aliphatic rings. The van der Waals surface area contributed by atoms with E-state index < -0.39 is 0 Å². The summed E-state index contributed by atoms with van der Waals surface area (Å²) in [5.74, 6) is -0.693. The number of benzene rings is 2. The molecule has 118 valence electrons. The van der Waals surface area contributed by atoms with Gasteiger partial charge in [-0.25, -0.2) is 0 Å². The minimum Gasteiger partial charge on any atom is -0.369 e. The van der Waals surface area contributed by atoms with Crippen molar-refractivity contribution in [2.24, 2.45) is 11.7 Å². The second-order valence-electron chi connectivity index (χ2n) is 5.56. The van der Waals surface area contributed by atoms with Gasteiger partial charge in [0.15, 0.2) is 6.29 Å². The van der Waals surface area contributed by atoms with Crippen LogP contribution in [0.2, 0.25) is 0 Å². The van der Waals surface area contributed by atoms with Crippen LogP contribution in [-0.4, -0.2) is 26.4 Å². The number of carbonyl (C=O) groups is 1. The average molecular weight is 301 g/mol. The zero-order chi connectivity index (χ0) is 16.1. The summed E-state index contributed by atoms with van der Waals surface area (Å²) in [6, 6.07) is 14.0. The number of rotatable bonds is 7. The van der Waals surface area contributed by atoms with E-state index in [0.29, 0.717) is 6.42 Å². The second kappa shape index (κ2) is 7.38. The van der Waals surface area contributed by atoms with Gasteiger partial charge < -0.3 is 15.2 Å². The summed E-state index contributed by atoms with van der Waals surface area (Å²) < 4.78 is 10.5. The molecule has 4 heteroatoms. The lowest BCUT2D eigenvalue weighted by atomic mass is 9.82. The maximum absolute atomic E-state index is 12.1. The third-order valence-electron chi connectivity index (χ3n) is 4.12. The van der Waals surface area contributed by atoms with E-state index in [-0.39, 0.29) is 24.0 Å². The predicted molar refractivity (Wildman–Crippen MR) is 87.5 cm³/mol. The molecule has 2 aromatic rings. The van der Waals surface area contributed by atoms with E-state index >= 15 is 0 Å². The van der Waals surface area contributed by atoms with E-state index in [1.807, 2.05) is 49.4 Å². The van der Waals surface area contributed by atoms with E-state index in [1.165, 1.54) is 0 Å². The van der Waals surface area contributed by atoms with Crippen LogP contribution in [0.1, 0.15) is 24.8 Å². The molecule has 0 spiro atoms. The van der Waals surface area contributed by atoms with Gasteiger partial charge in [-0.3, -0.25) is 4.79 Å². The summed E-state index contributed by atoms with van der Waals surface area (Å²) in [5.41, 5.74) is 6.66. The highest BCUT2D eigenvalue weighted by molar-refractivity contribution is 5.92. The van der Waals surface area contributed by atoms with Crippen LogP contribution >= 0.6 is 0 Å². The SMILES string of the molecule is COC(CC(C)C(C(N)=O)c1cccc2ccccc12)OC. The Morgan fingerprint density at radius 1 is 1.09 bits per heavy atom. The molecule has 0 aliphatic carbocycles. The highest BCUT2D eigenvalue weighted by atomic mass is 16.7. The minimum atomic E-state index is -0.376. The third-order valence-corrected chi connectivity index (χ3v) is 4.12. The lowest BCUT2D eigenvalue weighted by molar-refractivity contribution is -0.126. The molecule has 0 fully saturated rings. The van der Waals surface area contributed by atoms with Crippen molar-refractivity contribution in [3.05, 3.63) is 48.0 Å². The molecule has 22 heavy (non-hydrogen) atoms. The molecule has 0 saturated heterocycles. The van der Waals surface area contributed by atoms with Crippen molar-refractivity contribution in [1.82, 2.24) is 0 Å². The summed E-state index contributed by atoms with van der Waals surface area (Å²) in [5, 5.41) is 2.17. The smallest absolute Gasteiger partial charge is 0.225 e. The Balaban J connectivity index is 2.40. The van der Waals surface area contributed by atoms with Crippen LogP contribution < -0.4 is 5.73 Å². The second-order valence-corrected chi connectivity index (χ2v) is 5.56. The molecule has 4 nitrogen and oxygen atoms in total. The zero-order valence-electron chi connectivity index (χ0n) is 13.3. The van der Waals surface area contributed by atoms with E-state index in [9.17, 15) is 4.79 Å². The first kappa shape index (κ1) is 16.5. The van der Waals surface area contributed by atoms with Crippen molar-refractivity contribution < 1.29 is 14.3 Å². The molecule has 0 aromatic heterocycles. The fraction of sp³-hybridized carbons (Fsp3) is 0.389. The minimum absolute atomic E-state index is 0.00760. The molecule has 0 aliphatic heterocycles. The molecule has 0 bridgehead atoms. The van der Waals surface area contributed by atoms with Gasteiger partial charge >= 0.3 is 0 Å². The average Bonchev–Trinajstić information content (AvgIpc) is 2.52. The normalized spacial score (nSPS) is 14.2. The molecule has 0 saturated carbocycles. The summed E-state index contributed by atoms with van der Waals surface area (Å²) in [6.45, 7) is 2.00. The summed E-state index contributed by atoms with van der Waals surface area (Å²) in [6.07, 6.45) is 0.260. The Morgan fingerprint density at radius 2 is 1.73 bits per heavy atom. The molecule has 2 unspecified atom stereocenters. The first-order chi connectivity index (χ1) is 10.6. The van der Waals surface area contributed by atoms with Gasteiger partial charge in [0, 0.05) is 20.6 Å². The maximum atomic E-state index is 12.1. The third kappa shape index (κ3) is 3.46. The molecule has 2 N–H and O–H groups in total. The fourth-order valence-corrected chi connectivity index (χ4v) is 2.99. The van der Waals surface area contributed by atoms with Crippen LogP contribution in [0.25, 0.3) is 10.8 Å². The molecule has 2 aromatic carbocycles. The monoisotopic (exact) mass is 301 g/mol. The fourth-order valence-electron chi connectivity index (χ4n) is 2.99. The Hall–Kier alpha value is -1.91. The van der Waals surface area contributed by atoms with Crippen molar-refractivity contribution in [1.29, 1.82) is 0 Å². The molecular formula is C18H23NO3. The molecule has 1 amide bonds. The largest absolute Gasteiger partial charge is 0.369 e. The van der Waals surface area contributed by atoms with Crippen molar-refractivity contribution in [3.8, 4) is 0 Å². The van der Waals surface area contributed by atoms with Gasteiger partial charge in [0.25, 0.3) is 0 Å². The first-order valence-electron chi connectivity index (χ1n) is 7.41. The van der Waals surface area contributed by atoms with E-state index in [2.05, 4.69) is 0 Å². The maximum Gasteiger partial charge on any atom is 0.225 e. The lowest BCUT2D eigenvalue weighted by Crippen LogP contribution is -2.30. The summed E-state index contributed by atoms with van der Waals surface area (Å²) in [4.78, 5) is 12.1. The van der Waals surface area contributed by atoms with Gasteiger partial charge in [0.1, 0.15) is 0 Å². The molecular weight excluding hydrogens is 278 g/mol. The lowest BCUT2D eigenvalue weighted by Gasteiger charge is -2.25. The number of hydrogen-bond acceptors (Lipinski definition) is 3. The summed E-state index contributed by atoms with van der Waals surface area (Å²) >= 11 is 0. The van der Waals surface area contributed by atoms with Crippen LogP contribution in [0.15, 0.2) is 42.5 Å². The van der Waals surface area contributed by atoms with E-state index in [1.54, 1.807) is 14.2 Å². The van der Waals surface area contributed by atoms with Crippen LogP contribution in [0, 0.1) is 5.92 Å². The van der Waals surface area contributed by atoms with Gasteiger partial charge in [0.2, 0.25) is 5.91 Å². The zero-order valence-corrected chi connectivity index (χ0v) is 13.3. The molecule has 0 heterocycles. The first-order valence-corrected chi connectivity index (χ1v) is 7.41. The number of nitrogens with two attached hydrogens (primary N) is 1. The number of ether oxygens (including phenoxy) is 2. The van der Waals surface area contributed by atoms with Crippen LogP contribution in [0.5, 0.6) is 0 Å². The van der Waals surface area contributed by atoms with Gasteiger partial charge in [-0.2, -0.15) is 0 Å². The summed E-state index contributed by atoms with van der Waals surface area (Å²) in [7, 11) is 3.19. The van der Waals surface area contributed by atoms with Crippen LogP contribution in [0.3, 0.4) is 0 Å². The quantitative estimate of drug-likeness (QED) is 0.800. The number of carbonyl (C=O) groups excluding carboxylic acids is 1.